The Morgan fingerprint density at radius 2 is 2.20 bits per heavy atom. The zero-order valence-corrected chi connectivity index (χ0v) is 9.75. The molecule has 0 amide bonds. The molecule has 1 rings (SSSR count). The summed E-state index contributed by atoms with van der Waals surface area (Å²) in [5.41, 5.74) is 1.07. The van der Waals surface area contributed by atoms with Crippen LogP contribution in [0.4, 0.5) is 11.4 Å². The van der Waals surface area contributed by atoms with Gasteiger partial charge in [0.25, 0.3) is 0 Å². The van der Waals surface area contributed by atoms with Gasteiger partial charge >= 0.3 is 0 Å². The van der Waals surface area contributed by atoms with Gasteiger partial charge in [0.15, 0.2) is 0 Å². The number of aliphatic hydroxyl groups is 1. The van der Waals surface area contributed by atoms with Crippen molar-refractivity contribution in [2.45, 2.75) is 0 Å². The Morgan fingerprint density at radius 1 is 1.53 bits per heavy atom. The van der Waals surface area contributed by atoms with E-state index in [-0.39, 0.29) is 24.7 Å². The minimum atomic E-state index is 0. The number of hydrogen-bond acceptors (Lipinski definition) is 4. The third-order valence-electron chi connectivity index (χ3n) is 1.91. The second-order valence-corrected chi connectivity index (χ2v) is 3.28. The van der Waals surface area contributed by atoms with Crippen LogP contribution in [0.5, 0.6) is 0 Å². The van der Waals surface area contributed by atoms with Crippen molar-refractivity contribution in [2.75, 3.05) is 25.1 Å². The lowest BCUT2D eigenvalue weighted by atomic mass is 10.2. The molecular weight excluding hydrogens is 239 g/mol. The highest BCUT2D eigenvalue weighted by atomic mass is 35.5. The number of nitroso groups, excluding NO2 is 1. The van der Waals surface area contributed by atoms with E-state index in [0.717, 1.165) is 5.69 Å². The molecule has 0 saturated carbocycles. The molecule has 15 heavy (non-hydrogen) atoms. The van der Waals surface area contributed by atoms with E-state index in [2.05, 4.69) is 5.18 Å². The summed E-state index contributed by atoms with van der Waals surface area (Å²) in [7, 11) is 1.83. The van der Waals surface area contributed by atoms with Crippen molar-refractivity contribution in [3.63, 3.8) is 0 Å². The minimum Gasteiger partial charge on any atom is -0.395 e. The Kier molecular flexibility index (Phi) is 6.24. The highest BCUT2D eigenvalue weighted by Gasteiger charge is 2.04. The first-order valence-electron chi connectivity index (χ1n) is 4.14. The molecule has 0 aliphatic carbocycles. The first kappa shape index (κ1) is 14.2. The number of hydrogen-bond donors (Lipinski definition) is 1. The van der Waals surface area contributed by atoms with Gasteiger partial charge in [-0.15, -0.1) is 17.3 Å². The van der Waals surface area contributed by atoms with Crippen molar-refractivity contribution in [1.29, 1.82) is 0 Å². The molecule has 1 aromatic carbocycles. The summed E-state index contributed by atoms with van der Waals surface area (Å²) in [5.74, 6) is 0. The monoisotopic (exact) mass is 250 g/mol. The van der Waals surface area contributed by atoms with Crippen LogP contribution in [-0.2, 0) is 0 Å². The number of anilines is 1. The fraction of sp³-hybridized carbons (Fsp3) is 0.333. The molecule has 0 aliphatic rings. The zero-order chi connectivity index (χ0) is 10.6. The van der Waals surface area contributed by atoms with Crippen LogP contribution in [0.15, 0.2) is 23.4 Å². The molecule has 0 radical (unpaired) electrons. The van der Waals surface area contributed by atoms with Crippen molar-refractivity contribution >= 4 is 35.4 Å². The molecule has 0 saturated heterocycles. The molecule has 0 aromatic heterocycles. The number of rotatable bonds is 4. The van der Waals surface area contributed by atoms with Crippen LogP contribution in [0.2, 0.25) is 5.02 Å². The maximum atomic E-state index is 10.2. The lowest BCUT2D eigenvalue weighted by molar-refractivity contribution is 0.304. The van der Waals surface area contributed by atoms with Gasteiger partial charge in [-0.25, -0.2) is 0 Å². The lowest BCUT2D eigenvalue weighted by Gasteiger charge is -2.17. The maximum Gasteiger partial charge on any atom is 0.126 e. The molecule has 0 heterocycles. The first-order valence-corrected chi connectivity index (χ1v) is 4.51. The number of aliphatic hydroxyl groups excluding tert-OH is 1. The van der Waals surface area contributed by atoms with E-state index in [1.807, 2.05) is 11.9 Å². The predicted octanol–water partition coefficient (Wildman–Crippen LogP) is 2.59. The van der Waals surface area contributed by atoms with Gasteiger partial charge in [-0.05, 0) is 23.4 Å². The Balaban J connectivity index is 0.00000196. The Labute approximate surface area is 99.2 Å². The van der Waals surface area contributed by atoms with E-state index >= 15 is 0 Å². The first-order chi connectivity index (χ1) is 6.69. The van der Waals surface area contributed by atoms with Crippen LogP contribution >= 0.6 is 24.0 Å². The van der Waals surface area contributed by atoms with Gasteiger partial charge in [0.1, 0.15) is 5.69 Å². The smallest absolute Gasteiger partial charge is 0.126 e. The Bertz CT molecular complexity index is 334. The third-order valence-corrected chi connectivity index (χ3v) is 2.21. The molecule has 6 heteroatoms. The second kappa shape index (κ2) is 6.61. The average molecular weight is 251 g/mol. The maximum absolute atomic E-state index is 10.2. The third kappa shape index (κ3) is 3.66. The zero-order valence-electron chi connectivity index (χ0n) is 8.18. The standard InChI is InChI=1S/C9H11ClN2O2.ClH/c1-12(4-5-13)7-2-3-9(11-14)8(10)6-7;/h2-3,6,13H,4-5H2,1H3;1H. The van der Waals surface area contributed by atoms with Crippen LogP contribution in [0.25, 0.3) is 0 Å². The fourth-order valence-corrected chi connectivity index (χ4v) is 1.30. The van der Waals surface area contributed by atoms with Crippen LogP contribution in [-0.4, -0.2) is 25.3 Å². The molecule has 0 fully saturated rings. The molecule has 84 valence electrons. The second-order valence-electron chi connectivity index (χ2n) is 2.87. The predicted molar refractivity (Wildman–Crippen MR) is 64.5 cm³/mol. The highest BCUT2D eigenvalue weighted by molar-refractivity contribution is 6.33. The summed E-state index contributed by atoms with van der Waals surface area (Å²) in [6.45, 7) is 0.589. The van der Waals surface area contributed by atoms with Crippen LogP contribution in [0, 0.1) is 4.91 Å². The van der Waals surface area contributed by atoms with Gasteiger partial charge in [0.2, 0.25) is 0 Å². The number of halogens is 2. The van der Waals surface area contributed by atoms with Crippen LogP contribution < -0.4 is 4.90 Å². The Morgan fingerprint density at radius 3 is 2.67 bits per heavy atom. The van der Waals surface area contributed by atoms with Crippen molar-refractivity contribution in [1.82, 2.24) is 0 Å². The van der Waals surface area contributed by atoms with Gasteiger partial charge in [-0.2, -0.15) is 0 Å². The summed E-state index contributed by atoms with van der Waals surface area (Å²) in [5, 5.41) is 11.8. The van der Waals surface area contributed by atoms with Crippen molar-refractivity contribution in [3.8, 4) is 0 Å². The number of likely N-dealkylation sites (N-methyl/N-ethyl adjacent to an activating group) is 1. The molecule has 0 unspecified atom stereocenters. The van der Waals surface area contributed by atoms with E-state index in [1.165, 1.54) is 0 Å². The molecule has 0 atom stereocenters. The summed E-state index contributed by atoms with van der Waals surface area (Å²) >= 11 is 5.79. The SMILES string of the molecule is CN(CCO)c1ccc(N=O)c(Cl)c1.Cl. The largest absolute Gasteiger partial charge is 0.395 e. The van der Waals surface area contributed by atoms with E-state index < -0.39 is 0 Å². The van der Waals surface area contributed by atoms with Gasteiger partial charge in [-0.3, -0.25) is 0 Å². The van der Waals surface area contributed by atoms with E-state index in [9.17, 15) is 4.91 Å². The molecule has 4 nitrogen and oxygen atoms in total. The van der Waals surface area contributed by atoms with E-state index in [4.69, 9.17) is 16.7 Å². The van der Waals surface area contributed by atoms with Gasteiger partial charge in [0, 0.05) is 19.3 Å². The number of nitrogens with zero attached hydrogens (tertiary/aromatic N) is 2. The van der Waals surface area contributed by atoms with Gasteiger partial charge in [0.05, 0.1) is 11.6 Å². The summed E-state index contributed by atoms with van der Waals surface area (Å²) in [6, 6.07) is 4.94. The van der Waals surface area contributed by atoms with Crippen LogP contribution in [0.1, 0.15) is 0 Å². The quantitative estimate of drug-likeness (QED) is 0.837. The van der Waals surface area contributed by atoms with Gasteiger partial charge in [-0.1, -0.05) is 11.6 Å². The topological polar surface area (TPSA) is 52.9 Å². The normalized spacial score (nSPS) is 9.27. The Hall–Kier alpha value is -0.840. The molecule has 1 aromatic rings. The van der Waals surface area contributed by atoms with Crippen molar-refractivity contribution < 1.29 is 5.11 Å². The molecule has 0 bridgehead atoms. The molecule has 0 spiro atoms. The van der Waals surface area contributed by atoms with Gasteiger partial charge < -0.3 is 10.0 Å². The molecule has 1 N–H and O–H groups in total. The highest BCUT2D eigenvalue weighted by Crippen LogP contribution is 2.28. The number of benzene rings is 1. The molecular formula is C9H12Cl2N2O2. The average Bonchev–Trinajstić information content (AvgIpc) is 2.18. The summed E-state index contributed by atoms with van der Waals surface area (Å²) in [6.07, 6.45) is 0. The molecule has 0 aliphatic heterocycles. The summed E-state index contributed by atoms with van der Waals surface area (Å²) < 4.78 is 0. The minimum absolute atomic E-state index is 0. The lowest BCUT2D eigenvalue weighted by Crippen LogP contribution is -2.20. The van der Waals surface area contributed by atoms with Crippen LogP contribution in [0.3, 0.4) is 0 Å². The summed E-state index contributed by atoms with van der Waals surface area (Å²) in [4.78, 5) is 12.1. The van der Waals surface area contributed by atoms with Crippen molar-refractivity contribution in [2.24, 2.45) is 5.18 Å². The van der Waals surface area contributed by atoms with E-state index in [1.54, 1.807) is 18.2 Å². The van der Waals surface area contributed by atoms with Crippen molar-refractivity contribution in [3.05, 3.63) is 28.1 Å². The van der Waals surface area contributed by atoms with E-state index in [0.29, 0.717) is 11.6 Å². The fourth-order valence-electron chi connectivity index (χ4n) is 1.09.